The summed E-state index contributed by atoms with van der Waals surface area (Å²) in [5.41, 5.74) is 1.60. The fourth-order valence-corrected chi connectivity index (χ4v) is 1.53. The first-order valence-electron chi connectivity index (χ1n) is 5.48. The normalized spacial score (nSPS) is 9.61. The van der Waals surface area contributed by atoms with Crippen LogP contribution in [0.3, 0.4) is 0 Å². The summed E-state index contributed by atoms with van der Waals surface area (Å²) in [5, 5.41) is 11.7. The molecule has 0 atom stereocenters. The molecule has 0 spiro atoms. The van der Waals surface area contributed by atoms with E-state index in [0.717, 1.165) is 11.5 Å². The first-order chi connectivity index (χ1) is 8.74. The maximum atomic E-state index is 8.76. The zero-order valence-corrected chi connectivity index (χ0v) is 10.3. The molecule has 90 valence electrons. The number of aromatic nitrogens is 2. The number of hydrogen-bond acceptors (Lipinski definition) is 5. The molecule has 18 heavy (non-hydrogen) atoms. The zero-order valence-electron chi connectivity index (χ0n) is 10.3. The minimum atomic E-state index is 0.641. The van der Waals surface area contributed by atoms with E-state index in [1.165, 1.54) is 0 Å². The van der Waals surface area contributed by atoms with Gasteiger partial charge in [0.15, 0.2) is 5.82 Å². The van der Waals surface area contributed by atoms with Gasteiger partial charge in [0.1, 0.15) is 5.82 Å². The van der Waals surface area contributed by atoms with Gasteiger partial charge in [0, 0.05) is 19.8 Å². The summed E-state index contributed by atoms with van der Waals surface area (Å²) in [4.78, 5) is 10.4. The molecule has 0 aliphatic carbocycles. The van der Waals surface area contributed by atoms with Crippen LogP contribution in [0.2, 0.25) is 0 Å². The van der Waals surface area contributed by atoms with Gasteiger partial charge in [-0.25, -0.2) is 4.98 Å². The molecule has 0 unspecified atom stereocenters. The van der Waals surface area contributed by atoms with Gasteiger partial charge in [0.2, 0.25) is 0 Å². The van der Waals surface area contributed by atoms with Crippen LogP contribution in [0.25, 0.3) is 0 Å². The lowest BCUT2D eigenvalue weighted by Crippen LogP contribution is -2.12. The van der Waals surface area contributed by atoms with Gasteiger partial charge in [0.05, 0.1) is 24.0 Å². The smallest absolute Gasteiger partial charge is 0.153 e. The quantitative estimate of drug-likeness (QED) is 0.889. The highest BCUT2D eigenvalue weighted by molar-refractivity contribution is 5.60. The van der Waals surface area contributed by atoms with Crippen molar-refractivity contribution < 1.29 is 0 Å². The molecule has 0 saturated heterocycles. The number of nitrogens with one attached hydrogen (secondary N) is 1. The average Bonchev–Trinajstić information content (AvgIpc) is 2.46. The number of hydrogen-bond donors (Lipinski definition) is 1. The van der Waals surface area contributed by atoms with Gasteiger partial charge in [0.25, 0.3) is 0 Å². The maximum Gasteiger partial charge on any atom is 0.153 e. The second-order valence-corrected chi connectivity index (χ2v) is 3.73. The predicted octanol–water partition coefficient (Wildman–Crippen LogP) is 2.16. The van der Waals surface area contributed by atoms with Crippen LogP contribution in [-0.2, 0) is 0 Å². The Morgan fingerprint density at radius 1 is 1.22 bits per heavy atom. The van der Waals surface area contributed by atoms with Crippen LogP contribution in [-0.4, -0.2) is 24.1 Å². The third-order valence-corrected chi connectivity index (χ3v) is 2.61. The van der Waals surface area contributed by atoms with Crippen molar-refractivity contribution in [1.82, 2.24) is 9.97 Å². The van der Waals surface area contributed by atoms with Crippen molar-refractivity contribution in [3.8, 4) is 6.07 Å². The summed E-state index contributed by atoms with van der Waals surface area (Å²) >= 11 is 0. The van der Waals surface area contributed by atoms with Gasteiger partial charge in [-0.1, -0.05) is 0 Å². The monoisotopic (exact) mass is 239 g/mol. The van der Waals surface area contributed by atoms with E-state index < -0.39 is 0 Å². The second-order valence-electron chi connectivity index (χ2n) is 3.73. The molecule has 0 bridgehead atoms. The van der Waals surface area contributed by atoms with E-state index in [2.05, 4.69) is 21.4 Å². The number of anilines is 3. The van der Waals surface area contributed by atoms with Crippen molar-refractivity contribution >= 4 is 17.3 Å². The minimum absolute atomic E-state index is 0.641. The van der Waals surface area contributed by atoms with E-state index in [0.29, 0.717) is 11.4 Å². The average molecular weight is 239 g/mol. The molecular weight excluding hydrogens is 226 g/mol. The van der Waals surface area contributed by atoms with E-state index in [9.17, 15) is 0 Å². The summed E-state index contributed by atoms with van der Waals surface area (Å²) in [6.07, 6.45) is 3.36. The van der Waals surface area contributed by atoms with Crippen molar-refractivity contribution in [2.24, 2.45) is 0 Å². The largest absolute Gasteiger partial charge is 0.372 e. The van der Waals surface area contributed by atoms with E-state index in [1.807, 2.05) is 24.1 Å². The minimum Gasteiger partial charge on any atom is -0.372 e. The lowest BCUT2D eigenvalue weighted by Gasteiger charge is -2.18. The molecule has 2 aromatic rings. The van der Waals surface area contributed by atoms with Gasteiger partial charge in [-0.2, -0.15) is 5.26 Å². The number of rotatable bonds is 3. The Hall–Kier alpha value is -2.61. The van der Waals surface area contributed by atoms with E-state index in [4.69, 9.17) is 5.26 Å². The SMILES string of the molecule is CNc1cncc(N(C)c2ccc(C#N)cc2)n1. The highest BCUT2D eigenvalue weighted by atomic mass is 15.2. The predicted molar refractivity (Wildman–Crippen MR) is 70.8 cm³/mol. The van der Waals surface area contributed by atoms with Crippen molar-refractivity contribution in [2.45, 2.75) is 0 Å². The van der Waals surface area contributed by atoms with Crippen LogP contribution >= 0.6 is 0 Å². The van der Waals surface area contributed by atoms with Gasteiger partial charge in [-0.05, 0) is 24.3 Å². The molecule has 5 heteroatoms. The molecule has 0 amide bonds. The number of benzene rings is 1. The maximum absolute atomic E-state index is 8.76. The summed E-state index contributed by atoms with van der Waals surface area (Å²) in [5.74, 6) is 1.46. The number of nitrogens with zero attached hydrogens (tertiary/aromatic N) is 4. The Balaban J connectivity index is 2.29. The van der Waals surface area contributed by atoms with E-state index >= 15 is 0 Å². The molecule has 0 aliphatic rings. The molecule has 1 aromatic carbocycles. The van der Waals surface area contributed by atoms with Crippen molar-refractivity contribution in [1.29, 1.82) is 5.26 Å². The highest BCUT2D eigenvalue weighted by Gasteiger charge is 2.06. The molecule has 1 heterocycles. The number of nitriles is 1. The molecule has 0 fully saturated rings. The van der Waals surface area contributed by atoms with E-state index in [-0.39, 0.29) is 0 Å². The molecule has 5 nitrogen and oxygen atoms in total. The van der Waals surface area contributed by atoms with Gasteiger partial charge < -0.3 is 10.2 Å². The summed E-state index contributed by atoms with van der Waals surface area (Å²) < 4.78 is 0. The van der Waals surface area contributed by atoms with Crippen LogP contribution in [0, 0.1) is 11.3 Å². The standard InChI is InChI=1S/C13H13N5/c1-15-12-8-16-9-13(17-12)18(2)11-5-3-10(7-14)4-6-11/h3-6,8-9H,1-2H3,(H,15,17). The molecule has 1 N–H and O–H groups in total. The van der Waals surface area contributed by atoms with Crippen LogP contribution in [0.1, 0.15) is 5.56 Å². The van der Waals surface area contributed by atoms with Crippen LogP contribution < -0.4 is 10.2 Å². The lowest BCUT2D eigenvalue weighted by atomic mass is 10.2. The van der Waals surface area contributed by atoms with Crippen molar-refractivity contribution in [3.05, 3.63) is 42.2 Å². The molecule has 1 aromatic heterocycles. The molecule has 2 rings (SSSR count). The fraction of sp³-hybridized carbons (Fsp3) is 0.154. The van der Waals surface area contributed by atoms with Crippen LogP contribution in [0.5, 0.6) is 0 Å². The van der Waals surface area contributed by atoms with Crippen LogP contribution in [0.15, 0.2) is 36.7 Å². The van der Waals surface area contributed by atoms with Gasteiger partial charge in [-0.3, -0.25) is 4.98 Å². The lowest BCUT2D eigenvalue weighted by molar-refractivity contribution is 1.08. The van der Waals surface area contributed by atoms with E-state index in [1.54, 1.807) is 31.6 Å². The van der Waals surface area contributed by atoms with Gasteiger partial charge in [-0.15, -0.1) is 0 Å². The molecule has 0 aliphatic heterocycles. The Bertz CT molecular complexity index is 571. The molecule has 0 radical (unpaired) electrons. The summed E-state index contributed by atoms with van der Waals surface area (Å²) in [6, 6.07) is 9.41. The Labute approximate surface area is 106 Å². The van der Waals surface area contributed by atoms with Crippen LogP contribution in [0.4, 0.5) is 17.3 Å². The van der Waals surface area contributed by atoms with Gasteiger partial charge >= 0.3 is 0 Å². The summed E-state index contributed by atoms with van der Waals surface area (Å²) in [6.45, 7) is 0. The zero-order chi connectivity index (χ0) is 13.0. The van der Waals surface area contributed by atoms with Crippen molar-refractivity contribution in [3.63, 3.8) is 0 Å². The third kappa shape index (κ3) is 2.38. The second kappa shape index (κ2) is 5.15. The third-order valence-electron chi connectivity index (χ3n) is 2.61. The fourth-order valence-electron chi connectivity index (χ4n) is 1.53. The first-order valence-corrected chi connectivity index (χ1v) is 5.48. The first kappa shape index (κ1) is 11.9. The Morgan fingerprint density at radius 3 is 2.56 bits per heavy atom. The highest BCUT2D eigenvalue weighted by Crippen LogP contribution is 2.22. The van der Waals surface area contributed by atoms with Crippen molar-refractivity contribution in [2.75, 3.05) is 24.3 Å². The Morgan fingerprint density at radius 2 is 1.94 bits per heavy atom. The molecular formula is C13H13N5. The summed E-state index contributed by atoms with van der Waals surface area (Å²) in [7, 11) is 3.71. The molecule has 0 saturated carbocycles. The topological polar surface area (TPSA) is 64.8 Å². The Kier molecular flexibility index (Phi) is 3.39.